The molecular formula is C9H19NO4S. The highest BCUT2D eigenvalue weighted by atomic mass is 32.2. The molecule has 0 aliphatic carbocycles. The van der Waals surface area contributed by atoms with E-state index < -0.39 is 9.84 Å². The van der Waals surface area contributed by atoms with Crippen LogP contribution in [0.3, 0.4) is 0 Å². The normalized spacial score (nSPS) is 24.9. The number of methoxy groups -OCH3 is 2. The minimum absolute atomic E-state index is 0.230. The second kappa shape index (κ2) is 5.79. The summed E-state index contributed by atoms with van der Waals surface area (Å²) in [6.07, 6.45) is 1.24. The topological polar surface area (TPSA) is 64.6 Å². The first-order chi connectivity index (χ1) is 7.10. The minimum atomic E-state index is -2.84. The number of hydrogen-bond acceptors (Lipinski definition) is 5. The van der Waals surface area contributed by atoms with Crippen molar-refractivity contribution in [3.05, 3.63) is 0 Å². The third-order valence-corrected chi connectivity index (χ3v) is 4.95. The van der Waals surface area contributed by atoms with E-state index in [1.54, 1.807) is 14.2 Å². The molecule has 1 saturated heterocycles. The standard InChI is InChI=1S/C9H19NO4S/c1-13-9(14-2)7-10-6-8-4-3-5-15(8,11)12/h8-10H,3-7H2,1-2H3. The molecule has 1 heterocycles. The lowest BCUT2D eigenvalue weighted by molar-refractivity contribution is -0.0986. The van der Waals surface area contributed by atoms with Crippen LogP contribution in [0.4, 0.5) is 0 Å². The van der Waals surface area contributed by atoms with Crippen molar-refractivity contribution >= 4 is 9.84 Å². The van der Waals surface area contributed by atoms with Crippen molar-refractivity contribution in [1.82, 2.24) is 5.32 Å². The third kappa shape index (κ3) is 3.71. The van der Waals surface area contributed by atoms with E-state index >= 15 is 0 Å². The number of nitrogens with one attached hydrogen (secondary N) is 1. The summed E-state index contributed by atoms with van der Waals surface area (Å²) < 4.78 is 32.9. The zero-order valence-electron chi connectivity index (χ0n) is 9.23. The molecule has 1 rings (SSSR count). The molecule has 0 aromatic heterocycles. The van der Waals surface area contributed by atoms with Gasteiger partial charge in [-0.15, -0.1) is 0 Å². The van der Waals surface area contributed by atoms with Crippen LogP contribution in [0, 0.1) is 0 Å². The Kier molecular flexibility index (Phi) is 4.98. The Bertz CT molecular complexity index is 274. The molecule has 6 heteroatoms. The van der Waals surface area contributed by atoms with Crippen molar-refractivity contribution in [2.24, 2.45) is 0 Å². The van der Waals surface area contributed by atoms with E-state index in [-0.39, 0.29) is 11.5 Å². The quantitative estimate of drug-likeness (QED) is 0.647. The van der Waals surface area contributed by atoms with Crippen LogP contribution in [0.15, 0.2) is 0 Å². The van der Waals surface area contributed by atoms with Crippen molar-refractivity contribution in [2.45, 2.75) is 24.4 Å². The van der Waals surface area contributed by atoms with Gasteiger partial charge in [-0.3, -0.25) is 0 Å². The fourth-order valence-corrected chi connectivity index (χ4v) is 3.51. The van der Waals surface area contributed by atoms with Crippen LogP contribution in [0.5, 0.6) is 0 Å². The van der Waals surface area contributed by atoms with Gasteiger partial charge >= 0.3 is 0 Å². The Morgan fingerprint density at radius 2 is 2.07 bits per heavy atom. The zero-order chi connectivity index (χ0) is 11.3. The molecule has 0 amide bonds. The highest BCUT2D eigenvalue weighted by molar-refractivity contribution is 7.92. The van der Waals surface area contributed by atoms with Gasteiger partial charge in [-0.05, 0) is 12.8 Å². The fourth-order valence-electron chi connectivity index (χ4n) is 1.71. The molecule has 0 bridgehead atoms. The maximum absolute atomic E-state index is 11.5. The molecule has 1 fully saturated rings. The van der Waals surface area contributed by atoms with Crippen molar-refractivity contribution in [3.8, 4) is 0 Å². The van der Waals surface area contributed by atoms with Gasteiger partial charge in [-0.2, -0.15) is 0 Å². The molecule has 1 N–H and O–H groups in total. The maximum Gasteiger partial charge on any atom is 0.169 e. The molecule has 1 unspecified atom stereocenters. The van der Waals surface area contributed by atoms with Gasteiger partial charge in [0, 0.05) is 27.3 Å². The molecule has 15 heavy (non-hydrogen) atoms. The average molecular weight is 237 g/mol. The third-order valence-electron chi connectivity index (χ3n) is 2.67. The molecule has 90 valence electrons. The van der Waals surface area contributed by atoms with Gasteiger partial charge in [-0.1, -0.05) is 0 Å². The highest BCUT2D eigenvalue weighted by Gasteiger charge is 2.30. The summed E-state index contributed by atoms with van der Waals surface area (Å²) in [5, 5.41) is 2.83. The first-order valence-corrected chi connectivity index (χ1v) is 6.79. The monoisotopic (exact) mass is 237 g/mol. The summed E-state index contributed by atoms with van der Waals surface area (Å²) in [6.45, 7) is 1.00. The number of ether oxygens (including phenoxy) is 2. The van der Waals surface area contributed by atoms with Crippen molar-refractivity contribution < 1.29 is 17.9 Å². The largest absolute Gasteiger partial charge is 0.355 e. The van der Waals surface area contributed by atoms with Crippen molar-refractivity contribution in [2.75, 3.05) is 33.1 Å². The van der Waals surface area contributed by atoms with E-state index in [0.29, 0.717) is 18.8 Å². The Morgan fingerprint density at radius 1 is 1.40 bits per heavy atom. The maximum atomic E-state index is 11.5. The van der Waals surface area contributed by atoms with E-state index in [9.17, 15) is 8.42 Å². The van der Waals surface area contributed by atoms with Crippen LogP contribution in [-0.2, 0) is 19.3 Å². The van der Waals surface area contributed by atoms with Gasteiger partial charge in [0.2, 0.25) is 0 Å². The number of hydrogen-bond donors (Lipinski definition) is 1. The van der Waals surface area contributed by atoms with Crippen LogP contribution >= 0.6 is 0 Å². The molecule has 0 saturated carbocycles. The van der Waals surface area contributed by atoms with E-state index in [1.807, 2.05) is 0 Å². The van der Waals surface area contributed by atoms with Gasteiger partial charge in [-0.25, -0.2) is 8.42 Å². The molecular weight excluding hydrogens is 218 g/mol. The Morgan fingerprint density at radius 3 is 2.53 bits per heavy atom. The molecule has 0 aromatic rings. The first-order valence-electron chi connectivity index (χ1n) is 5.08. The summed E-state index contributed by atoms with van der Waals surface area (Å²) in [6, 6.07) is 0. The van der Waals surface area contributed by atoms with E-state index in [0.717, 1.165) is 12.8 Å². The van der Waals surface area contributed by atoms with E-state index in [4.69, 9.17) is 9.47 Å². The lowest BCUT2D eigenvalue weighted by Gasteiger charge is -2.16. The highest BCUT2D eigenvalue weighted by Crippen LogP contribution is 2.18. The summed E-state index contributed by atoms with van der Waals surface area (Å²) in [4.78, 5) is 0. The summed E-state index contributed by atoms with van der Waals surface area (Å²) in [7, 11) is 0.273. The van der Waals surface area contributed by atoms with E-state index in [1.165, 1.54) is 0 Å². The van der Waals surface area contributed by atoms with Crippen molar-refractivity contribution in [1.29, 1.82) is 0 Å². The average Bonchev–Trinajstić information content (AvgIpc) is 2.53. The molecule has 1 aliphatic rings. The number of sulfone groups is 1. The summed E-state index contributed by atoms with van der Waals surface area (Å²) in [5.74, 6) is 0.331. The van der Waals surface area contributed by atoms with Crippen LogP contribution in [0.25, 0.3) is 0 Å². The smallest absolute Gasteiger partial charge is 0.169 e. The second-order valence-corrected chi connectivity index (χ2v) is 6.09. The molecule has 0 aromatic carbocycles. The Labute approximate surface area is 91.1 Å². The Balaban J connectivity index is 2.26. The van der Waals surface area contributed by atoms with Gasteiger partial charge < -0.3 is 14.8 Å². The van der Waals surface area contributed by atoms with Crippen molar-refractivity contribution in [3.63, 3.8) is 0 Å². The fraction of sp³-hybridized carbons (Fsp3) is 1.00. The predicted octanol–water partition coefficient (Wildman–Crippen LogP) is -0.228. The van der Waals surface area contributed by atoms with Gasteiger partial charge in [0.1, 0.15) is 0 Å². The first kappa shape index (κ1) is 12.9. The van der Waals surface area contributed by atoms with Gasteiger partial charge in [0.25, 0.3) is 0 Å². The van der Waals surface area contributed by atoms with Crippen LogP contribution in [0.1, 0.15) is 12.8 Å². The van der Waals surface area contributed by atoms with Crippen LogP contribution in [0.2, 0.25) is 0 Å². The van der Waals surface area contributed by atoms with Gasteiger partial charge in [0.05, 0.1) is 11.0 Å². The molecule has 1 atom stereocenters. The van der Waals surface area contributed by atoms with Crippen LogP contribution in [-0.4, -0.2) is 53.0 Å². The van der Waals surface area contributed by atoms with Gasteiger partial charge in [0.15, 0.2) is 16.1 Å². The lowest BCUT2D eigenvalue weighted by atomic mass is 10.2. The lowest BCUT2D eigenvalue weighted by Crippen LogP contribution is -2.36. The summed E-state index contributed by atoms with van der Waals surface area (Å²) >= 11 is 0. The molecule has 1 aliphatic heterocycles. The molecule has 0 radical (unpaired) electrons. The zero-order valence-corrected chi connectivity index (χ0v) is 10.0. The van der Waals surface area contributed by atoms with E-state index in [2.05, 4.69) is 5.32 Å². The minimum Gasteiger partial charge on any atom is -0.355 e. The SMILES string of the molecule is COC(CNCC1CCCS1(=O)=O)OC. The number of rotatable bonds is 6. The second-order valence-electron chi connectivity index (χ2n) is 3.69. The predicted molar refractivity (Wildman–Crippen MR) is 57.5 cm³/mol. The Hall–Kier alpha value is -0.170. The van der Waals surface area contributed by atoms with Crippen LogP contribution < -0.4 is 5.32 Å². The molecule has 5 nitrogen and oxygen atoms in total. The molecule has 0 spiro atoms. The summed E-state index contributed by atoms with van der Waals surface area (Å²) in [5.41, 5.74) is 0.